The van der Waals surface area contributed by atoms with E-state index in [4.69, 9.17) is 4.74 Å². The van der Waals surface area contributed by atoms with Crippen molar-refractivity contribution >= 4 is 15.9 Å². The van der Waals surface area contributed by atoms with Gasteiger partial charge in [-0.3, -0.25) is 0 Å². The third-order valence-electron chi connectivity index (χ3n) is 2.89. The number of rotatable bonds is 7. The zero-order valence-corrected chi connectivity index (χ0v) is 13.9. The first-order valence-electron chi connectivity index (χ1n) is 6.74. The maximum Gasteiger partial charge on any atom is 0.133 e. The molecule has 1 aromatic carbocycles. The fourth-order valence-corrected chi connectivity index (χ4v) is 2.49. The monoisotopic (exact) mass is 325 g/mol. The third kappa shape index (κ3) is 6.26. The minimum absolute atomic E-state index is 0.561. The first-order valence-corrected chi connectivity index (χ1v) is 7.53. The van der Waals surface area contributed by atoms with Crippen LogP contribution in [0.3, 0.4) is 0 Å². The van der Waals surface area contributed by atoms with Gasteiger partial charge in [0.15, 0.2) is 0 Å². The number of allylic oxidation sites excluding steroid dienone is 1. The Morgan fingerprint density at radius 3 is 2.74 bits per heavy atom. The topological polar surface area (TPSA) is 21.3 Å². The maximum atomic E-state index is 5.24. The van der Waals surface area contributed by atoms with Crippen molar-refractivity contribution in [2.75, 3.05) is 13.7 Å². The molecule has 0 aliphatic carbocycles. The van der Waals surface area contributed by atoms with Crippen molar-refractivity contribution in [1.82, 2.24) is 5.32 Å². The quantitative estimate of drug-likeness (QED) is 0.595. The molecule has 0 saturated heterocycles. The summed E-state index contributed by atoms with van der Waals surface area (Å²) in [4.78, 5) is 0. The molecule has 0 amide bonds. The van der Waals surface area contributed by atoms with Gasteiger partial charge >= 0.3 is 0 Å². The molecule has 1 aromatic rings. The van der Waals surface area contributed by atoms with Gasteiger partial charge in [0, 0.05) is 6.04 Å². The molecular formula is C16H24BrNO. The zero-order chi connectivity index (χ0) is 14.3. The second kappa shape index (κ2) is 8.39. The average molecular weight is 326 g/mol. The summed E-state index contributed by atoms with van der Waals surface area (Å²) < 4.78 is 6.25. The Morgan fingerprint density at radius 2 is 2.16 bits per heavy atom. The van der Waals surface area contributed by atoms with Crippen LogP contribution in [0.15, 0.2) is 34.3 Å². The highest BCUT2D eigenvalue weighted by atomic mass is 79.9. The second-order valence-corrected chi connectivity index (χ2v) is 5.95. The molecule has 0 atom stereocenters. The Hall–Kier alpha value is -0.800. The Morgan fingerprint density at radius 1 is 1.42 bits per heavy atom. The lowest BCUT2D eigenvalue weighted by molar-refractivity contribution is 0.412. The van der Waals surface area contributed by atoms with Gasteiger partial charge in [0.1, 0.15) is 5.75 Å². The van der Waals surface area contributed by atoms with Crippen molar-refractivity contribution in [3.8, 4) is 5.75 Å². The predicted molar refractivity (Wildman–Crippen MR) is 85.9 cm³/mol. The maximum absolute atomic E-state index is 5.24. The van der Waals surface area contributed by atoms with Crippen molar-refractivity contribution in [3.63, 3.8) is 0 Å². The van der Waals surface area contributed by atoms with E-state index < -0.39 is 0 Å². The number of halogens is 1. The minimum atomic E-state index is 0.561. The van der Waals surface area contributed by atoms with E-state index in [1.54, 1.807) is 7.11 Å². The van der Waals surface area contributed by atoms with Gasteiger partial charge in [-0.25, -0.2) is 0 Å². The largest absolute Gasteiger partial charge is 0.496 e. The Balaban J connectivity index is 2.49. The average Bonchev–Trinajstić information content (AvgIpc) is 2.35. The molecule has 3 heteroatoms. The van der Waals surface area contributed by atoms with Crippen LogP contribution in [0.5, 0.6) is 5.75 Å². The molecular weight excluding hydrogens is 302 g/mol. The summed E-state index contributed by atoms with van der Waals surface area (Å²) in [5, 5.41) is 3.42. The van der Waals surface area contributed by atoms with Crippen LogP contribution in [-0.4, -0.2) is 19.7 Å². The molecule has 0 bridgehead atoms. The highest BCUT2D eigenvalue weighted by molar-refractivity contribution is 9.10. The smallest absolute Gasteiger partial charge is 0.133 e. The lowest BCUT2D eigenvalue weighted by Crippen LogP contribution is -2.23. The SMILES string of the molecule is COc1ccc(CC(C)=CCCNC(C)C)cc1Br. The minimum Gasteiger partial charge on any atom is -0.496 e. The van der Waals surface area contributed by atoms with E-state index >= 15 is 0 Å². The fourth-order valence-electron chi connectivity index (χ4n) is 1.90. The van der Waals surface area contributed by atoms with Crippen molar-refractivity contribution in [1.29, 1.82) is 0 Å². The van der Waals surface area contributed by atoms with E-state index in [0.29, 0.717) is 6.04 Å². The van der Waals surface area contributed by atoms with Crippen molar-refractivity contribution < 1.29 is 4.74 Å². The lowest BCUT2D eigenvalue weighted by atomic mass is 10.1. The number of benzene rings is 1. The van der Waals surface area contributed by atoms with Crippen LogP contribution >= 0.6 is 15.9 Å². The summed E-state index contributed by atoms with van der Waals surface area (Å²) in [6.45, 7) is 7.58. The molecule has 0 aliphatic rings. The van der Waals surface area contributed by atoms with Gasteiger partial charge < -0.3 is 10.1 Å². The first kappa shape index (κ1) is 16.3. The molecule has 0 aromatic heterocycles. The van der Waals surface area contributed by atoms with E-state index in [-0.39, 0.29) is 0 Å². The molecule has 106 valence electrons. The summed E-state index contributed by atoms with van der Waals surface area (Å²) >= 11 is 3.52. The number of ether oxygens (including phenoxy) is 1. The Bertz CT molecular complexity index is 427. The summed E-state index contributed by atoms with van der Waals surface area (Å²) in [7, 11) is 1.69. The number of methoxy groups -OCH3 is 1. The molecule has 1 rings (SSSR count). The van der Waals surface area contributed by atoms with Gasteiger partial charge in [-0.05, 0) is 59.9 Å². The van der Waals surface area contributed by atoms with Gasteiger partial charge in [-0.15, -0.1) is 0 Å². The first-order chi connectivity index (χ1) is 9.02. The highest BCUT2D eigenvalue weighted by Crippen LogP contribution is 2.26. The normalized spacial score (nSPS) is 12.0. The molecule has 0 aliphatic heterocycles. The fraction of sp³-hybridized carbons (Fsp3) is 0.500. The standard InChI is InChI=1S/C16H24BrNO/c1-12(2)18-9-5-6-13(3)10-14-7-8-16(19-4)15(17)11-14/h6-8,11-12,18H,5,9-10H2,1-4H3. The van der Waals surface area contributed by atoms with Gasteiger partial charge in [-0.1, -0.05) is 31.6 Å². The molecule has 0 radical (unpaired) electrons. The van der Waals surface area contributed by atoms with Crippen molar-refractivity contribution in [2.24, 2.45) is 0 Å². The van der Waals surface area contributed by atoms with Crippen LogP contribution in [0, 0.1) is 0 Å². The zero-order valence-electron chi connectivity index (χ0n) is 12.3. The van der Waals surface area contributed by atoms with E-state index in [0.717, 1.165) is 29.6 Å². The van der Waals surface area contributed by atoms with Crippen molar-refractivity contribution in [3.05, 3.63) is 39.9 Å². The molecule has 0 spiro atoms. The lowest BCUT2D eigenvalue weighted by Gasteiger charge is -2.08. The van der Waals surface area contributed by atoms with E-state index in [1.165, 1.54) is 11.1 Å². The predicted octanol–water partition coefficient (Wildman–Crippen LogP) is 4.33. The Kier molecular flexibility index (Phi) is 7.17. The van der Waals surface area contributed by atoms with Crippen LogP contribution in [-0.2, 0) is 6.42 Å². The molecule has 1 N–H and O–H groups in total. The van der Waals surface area contributed by atoms with Gasteiger partial charge in [-0.2, -0.15) is 0 Å². The number of hydrogen-bond donors (Lipinski definition) is 1. The van der Waals surface area contributed by atoms with Gasteiger partial charge in [0.2, 0.25) is 0 Å². The second-order valence-electron chi connectivity index (χ2n) is 5.09. The van der Waals surface area contributed by atoms with E-state index in [1.807, 2.05) is 6.07 Å². The molecule has 0 heterocycles. The van der Waals surface area contributed by atoms with Crippen molar-refractivity contribution in [2.45, 2.75) is 39.7 Å². The van der Waals surface area contributed by atoms with Crippen LogP contribution in [0.25, 0.3) is 0 Å². The molecule has 2 nitrogen and oxygen atoms in total. The number of hydrogen-bond acceptors (Lipinski definition) is 2. The molecule has 19 heavy (non-hydrogen) atoms. The summed E-state index contributed by atoms with van der Waals surface area (Å²) in [5.74, 6) is 0.881. The van der Waals surface area contributed by atoms with Crippen LogP contribution in [0.2, 0.25) is 0 Å². The van der Waals surface area contributed by atoms with Crippen LogP contribution < -0.4 is 10.1 Å². The Labute approximate surface area is 125 Å². The molecule has 0 saturated carbocycles. The van der Waals surface area contributed by atoms with Gasteiger partial charge in [0.05, 0.1) is 11.6 Å². The summed E-state index contributed by atoms with van der Waals surface area (Å²) in [6.07, 6.45) is 4.39. The van der Waals surface area contributed by atoms with Gasteiger partial charge in [0.25, 0.3) is 0 Å². The van der Waals surface area contributed by atoms with Crippen LogP contribution in [0.4, 0.5) is 0 Å². The van der Waals surface area contributed by atoms with E-state index in [9.17, 15) is 0 Å². The molecule has 0 fully saturated rings. The highest BCUT2D eigenvalue weighted by Gasteiger charge is 2.02. The molecule has 0 unspecified atom stereocenters. The third-order valence-corrected chi connectivity index (χ3v) is 3.51. The van der Waals surface area contributed by atoms with E-state index in [2.05, 4.69) is 60.2 Å². The summed E-state index contributed by atoms with van der Waals surface area (Å²) in [5.41, 5.74) is 2.71. The summed E-state index contributed by atoms with van der Waals surface area (Å²) in [6, 6.07) is 6.81. The number of nitrogens with one attached hydrogen (secondary N) is 1. The van der Waals surface area contributed by atoms with Crippen LogP contribution in [0.1, 0.15) is 32.8 Å².